The van der Waals surface area contributed by atoms with Crippen molar-refractivity contribution in [3.8, 4) is 0 Å². The molecule has 3 aromatic rings. The highest BCUT2D eigenvalue weighted by Crippen LogP contribution is 2.47. The molecule has 2 aromatic carbocycles. The van der Waals surface area contributed by atoms with Crippen LogP contribution in [0.1, 0.15) is 82.2 Å². The number of carbonyl (C=O) groups excluding carboxylic acids is 1. The molecule has 6 fully saturated rings. The van der Waals surface area contributed by atoms with E-state index in [1.807, 2.05) is 13.8 Å². The van der Waals surface area contributed by atoms with Gasteiger partial charge in [0.1, 0.15) is 17.7 Å². The molecule has 14 heteroatoms. The number of piperidine rings is 1. The number of hydrogen-bond acceptors (Lipinski definition) is 10. The number of sulfonamides is 1. The molecule has 4 aliphatic heterocycles. The number of carbonyl (C=O) groups is 1. The van der Waals surface area contributed by atoms with Crippen LogP contribution in [0.5, 0.6) is 0 Å². The van der Waals surface area contributed by atoms with E-state index in [1.54, 1.807) is 29.5 Å². The summed E-state index contributed by atoms with van der Waals surface area (Å²) in [6.45, 7) is 6.74. The summed E-state index contributed by atoms with van der Waals surface area (Å²) in [7, 11) is -4.12. The largest absolute Gasteiger partial charge is 0.462 e. The summed E-state index contributed by atoms with van der Waals surface area (Å²) < 4.78 is 77.5. The zero-order valence-corrected chi connectivity index (χ0v) is 34.7. The van der Waals surface area contributed by atoms with Crippen LogP contribution in [0.25, 0.3) is 10.2 Å². The van der Waals surface area contributed by atoms with Crippen LogP contribution in [-0.2, 0) is 41.9 Å². The van der Waals surface area contributed by atoms with Crippen LogP contribution >= 0.6 is 11.3 Å². The highest BCUT2D eigenvalue weighted by molar-refractivity contribution is 7.89. The molecule has 0 amide bonds. The van der Waals surface area contributed by atoms with E-state index in [1.165, 1.54) is 42.1 Å². The number of hydrogen-bond donors (Lipinski definition) is 1. The van der Waals surface area contributed by atoms with Crippen LogP contribution < -0.4 is 0 Å². The number of aromatic nitrogens is 1. The molecular formula is C43H57F2N3O7S2. The van der Waals surface area contributed by atoms with Gasteiger partial charge in [-0.15, -0.1) is 11.3 Å². The molecule has 2 aliphatic carbocycles. The topological polar surface area (TPSA) is 118 Å². The Morgan fingerprint density at radius 2 is 1.72 bits per heavy atom. The van der Waals surface area contributed by atoms with Gasteiger partial charge >= 0.3 is 5.97 Å². The SMILES string of the molecule is CC(C)CN(C[C@@H](O)[C@@H](CC(=O)OC1C2CCC3C(OC2)OCC31)Cc1cc(F)cc(F)c1)S(=O)(=O)c1ccc2nc(CC3CCN(C4CCCC4)CC3)sc2c1. The molecule has 57 heavy (non-hydrogen) atoms. The number of esters is 1. The number of aliphatic hydroxyl groups excluding tert-OH is 1. The highest BCUT2D eigenvalue weighted by atomic mass is 32.2. The lowest BCUT2D eigenvalue weighted by Gasteiger charge is -2.36. The first-order chi connectivity index (χ1) is 27.4. The zero-order valence-electron chi connectivity index (χ0n) is 33.1. The van der Waals surface area contributed by atoms with Crippen molar-refractivity contribution in [2.24, 2.45) is 35.5 Å². The number of likely N-dealkylation sites (tertiary alicyclic amines) is 1. The Kier molecular flexibility index (Phi) is 12.7. The van der Waals surface area contributed by atoms with Crippen molar-refractivity contribution < 1.29 is 41.3 Å². The molecule has 0 radical (unpaired) electrons. The van der Waals surface area contributed by atoms with Crippen LogP contribution in [0, 0.1) is 47.1 Å². The predicted octanol–water partition coefficient (Wildman–Crippen LogP) is 6.97. The number of fused-ring (bicyclic) bond motifs is 3. The molecule has 7 atom stereocenters. The van der Waals surface area contributed by atoms with Crippen molar-refractivity contribution in [3.63, 3.8) is 0 Å². The molecule has 10 nitrogen and oxygen atoms in total. The monoisotopic (exact) mass is 829 g/mol. The van der Waals surface area contributed by atoms with Gasteiger partial charge in [-0.1, -0.05) is 26.7 Å². The molecule has 1 aromatic heterocycles. The first-order valence-electron chi connectivity index (χ1n) is 21.1. The van der Waals surface area contributed by atoms with E-state index in [-0.39, 0.29) is 66.4 Å². The summed E-state index contributed by atoms with van der Waals surface area (Å²) in [6, 6.07) is 8.88. The molecule has 4 bridgehead atoms. The number of rotatable bonds is 15. The third-order valence-corrected chi connectivity index (χ3v) is 16.1. The minimum absolute atomic E-state index is 0.0130. The van der Waals surface area contributed by atoms with Crippen LogP contribution in [0.3, 0.4) is 0 Å². The van der Waals surface area contributed by atoms with Gasteiger partial charge in [0.05, 0.1) is 45.9 Å². The van der Waals surface area contributed by atoms with Crippen molar-refractivity contribution in [1.29, 1.82) is 0 Å². The molecular weight excluding hydrogens is 773 g/mol. The Labute approximate surface area is 339 Å². The summed E-state index contributed by atoms with van der Waals surface area (Å²) in [5, 5.41) is 12.9. The van der Waals surface area contributed by atoms with Gasteiger partial charge < -0.3 is 24.2 Å². The van der Waals surface area contributed by atoms with Crippen molar-refractivity contribution in [2.45, 2.75) is 114 Å². The van der Waals surface area contributed by atoms with Crippen LogP contribution in [0.4, 0.5) is 8.78 Å². The molecule has 2 saturated carbocycles. The average Bonchev–Trinajstić information content (AvgIpc) is 3.89. The number of ether oxygens (including phenoxy) is 3. The Hall–Kier alpha value is -2.59. The molecule has 5 unspecified atom stereocenters. The van der Waals surface area contributed by atoms with Gasteiger partial charge in [0.15, 0.2) is 6.29 Å². The van der Waals surface area contributed by atoms with E-state index in [4.69, 9.17) is 19.2 Å². The Morgan fingerprint density at radius 1 is 0.982 bits per heavy atom. The number of halogens is 2. The van der Waals surface area contributed by atoms with Gasteiger partial charge in [-0.05, 0) is 106 Å². The van der Waals surface area contributed by atoms with Crippen molar-refractivity contribution in [2.75, 3.05) is 39.4 Å². The van der Waals surface area contributed by atoms with Gasteiger partial charge in [0, 0.05) is 55.3 Å². The maximum atomic E-state index is 14.4. The minimum Gasteiger partial charge on any atom is -0.462 e. The summed E-state index contributed by atoms with van der Waals surface area (Å²) in [6.07, 6.45) is 7.92. The number of nitrogens with zero attached hydrogens (tertiary/aromatic N) is 3. The number of aliphatic hydroxyl groups is 1. The second-order valence-electron chi connectivity index (χ2n) is 17.7. The van der Waals surface area contributed by atoms with Gasteiger partial charge in [0.25, 0.3) is 0 Å². The van der Waals surface area contributed by atoms with Crippen LogP contribution in [0.15, 0.2) is 41.3 Å². The van der Waals surface area contributed by atoms with Crippen molar-refractivity contribution in [1.82, 2.24) is 14.2 Å². The molecule has 0 spiro atoms. The molecule has 4 saturated heterocycles. The second-order valence-corrected chi connectivity index (χ2v) is 20.8. The summed E-state index contributed by atoms with van der Waals surface area (Å²) in [5.41, 5.74) is 1.02. The third-order valence-electron chi connectivity index (χ3n) is 13.2. The normalized spacial score (nSPS) is 27.1. The minimum atomic E-state index is -4.12. The Morgan fingerprint density at radius 3 is 2.46 bits per heavy atom. The molecule has 6 aliphatic rings. The van der Waals surface area contributed by atoms with E-state index < -0.39 is 45.8 Å². The van der Waals surface area contributed by atoms with Crippen molar-refractivity contribution >= 4 is 37.5 Å². The van der Waals surface area contributed by atoms with E-state index >= 15 is 0 Å². The lowest BCUT2D eigenvalue weighted by Crippen LogP contribution is -2.44. The Balaban J connectivity index is 0.975. The quantitative estimate of drug-likeness (QED) is 0.162. The van der Waals surface area contributed by atoms with Gasteiger partial charge in [-0.2, -0.15) is 4.31 Å². The third kappa shape index (κ3) is 9.42. The highest BCUT2D eigenvalue weighted by Gasteiger charge is 2.52. The maximum absolute atomic E-state index is 14.4. The molecule has 9 rings (SSSR count). The summed E-state index contributed by atoms with van der Waals surface area (Å²) in [5.74, 6) is -2.34. The molecule has 5 heterocycles. The smallest absolute Gasteiger partial charge is 0.306 e. The van der Waals surface area contributed by atoms with Gasteiger partial charge in [0.2, 0.25) is 10.0 Å². The van der Waals surface area contributed by atoms with E-state index in [0.29, 0.717) is 19.1 Å². The number of thiazole rings is 1. The zero-order chi connectivity index (χ0) is 39.8. The standard InChI is InChI=1S/C43H57F2N3O7S2/c1-26(2)22-48(57(51,52)34-8-10-37-39(21-34)56-40(46-37)18-27-11-13-47(14-12-27)33-5-3-4-6-33)23-38(49)30(15-28-16-31(44)20-32(45)17-28)19-41(50)55-42-29-7-9-35-36(42)25-54-43(35)53-24-29/h8,10,16-17,20-21,26-27,29-30,33,35-36,38,42-43,49H,3-7,9,11-15,18-19,22-25H2,1-2H3/t29?,30-,35?,36?,38-,42?,43?/m1/s1. The van der Waals surface area contributed by atoms with Crippen LogP contribution in [-0.4, -0.2) is 97.6 Å². The molecule has 312 valence electrons. The van der Waals surface area contributed by atoms with E-state index in [2.05, 4.69) is 4.90 Å². The van der Waals surface area contributed by atoms with Gasteiger partial charge in [-0.3, -0.25) is 4.79 Å². The molecule has 1 N–H and O–H groups in total. The average molecular weight is 830 g/mol. The van der Waals surface area contributed by atoms with E-state index in [0.717, 1.165) is 72.5 Å². The second kappa shape index (κ2) is 17.6. The first kappa shape index (κ1) is 41.2. The summed E-state index contributed by atoms with van der Waals surface area (Å²) in [4.78, 5) is 21.4. The fraction of sp³-hybridized carbons (Fsp3) is 0.674. The van der Waals surface area contributed by atoms with Crippen LogP contribution in [0.2, 0.25) is 0 Å². The maximum Gasteiger partial charge on any atom is 0.306 e. The number of benzene rings is 2. The Bertz CT molecular complexity index is 1960. The lowest BCUT2D eigenvalue weighted by molar-refractivity contribution is -0.165. The van der Waals surface area contributed by atoms with Gasteiger partial charge in [-0.25, -0.2) is 22.2 Å². The fourth-order valence-corrected chi connectivity index (χ4v) is 13.1. The predicted molar refractivity (Wildman–Crippen MR) is 213 cm³/mol. The van der Waals surface area contributed by atoms with Crippen molar-refractivity contribution in [3.05, 3.63) is 58.6 Å². The first-order valence-corrected chi connectivity index (χ1v) is 23.3. The fourth-order valence-electron chi connectivity index (χ4n) is 10.2. The lowest BCUT2D eigenvalue weighted by atomic mass is 9.74. The summed E-state index contributed by atoms with van der Waals surface area (Å²) >= 11 is 1.54. The van der Waals surface area contributed by atoms with E-state index in [9.17, 15) is 27.1 Å².